The van der Waals surface area contributed by atoms with Crippen LogP contribution in [0.3, 0.4) is 0 Å². The number of ether oxygens (including phenoxy) is 2. The predicted molar refractivity (Wildman–Crippen MR) is 102 cm³/mol. The van der Waals surface area contributed by atoms with E-state index in [4.69, 9.17) is 9.47 Å². The molecule has 0 spiro atoms. The van der Waals surface area contributed by atoms with Gasteiger partial charge in [-0.25, -0.2) is 4.39 Å². The fourth-order valence-electron chi connectivity index (χ4n) is 2.76. The van der Waals surface area contributed by atoms with E-state index in [1.807, 2.05) is 38.1 Å². The molecule has 3 aromatic rings. The van der Waals surface area contributed by atoms with E-state index >= 15 is 0 Å². The van der Waals surface area contributed by atoms with Crippen LogP contribution in [0, 0.1) is 5.82 Å². The van der Waals surface area contributed by atoms with E-state index in [1.54, 1.807) is 6.07 Å². The lowest BCUT2D eigenvalue weighted by Gasteiger charge is -2.15. The quantitative estimate of drug-likeness (QED) is 0.666. The Morgan fingerprint density at radius 1 is 1.23 bits per heavy atom. The second-order valence-electron chi connectivity index (χ2n) is 5.80. The third-order valence-electron chi connectivity index (χ3n) is 4.05. The molecule has 0 saturated carbocycles. The van der Waals surface area contributed by atoms with Crippen LogP contribution in [0.25, 0.3) is 10.1 Å². The second-order valence-corrected chi connectivity index (χ2v) is 6.85. The van der Waals surface area contributed by atoms with Crippen molar-refractivity contribution in [2.24, 2.45) is 0 Å². The molecule has 1 unspecified atom stereocenters. The Bertz CT molecular complexity index is 921. The molecular formula is C20H20FNO3S. The maximum atomic E-state index is 13.5. The van der Waals surface area contributed by atoms with Gasteiger partial charge in [0.1, 0.15) is 22.2 Å². The number of halogens is 1. The minimum atomic E-state index is -0.358. The summed E-state index contributed by atoms with van der Waals surface area (Å²) >= 11 is 1.29. The van der Waals surface area contributed by atoms with Crippen molar-refractivity contribution in [2.75, 3.05) is 13.7 Å². The van der Waals surface area contributed by atoms with Crippen molar-refractivity contribution in [2.45, 2.75) is 19.9 Å². The number of amides is 1. The van der Waals surface area contributed by atoms with Gasteiger partial charge in [-0.15, -0.1) is 11.3 Å². The molecule has 1 atom stereocenters. The molecule has 0 aliphatic carbocycles. The zero-order valence-corrected chi connectivity index (χ0v) is 15.7. The molecule has 0 bridgehead atoms. The van der Waals surface area contributed by atoms with E-state index < -0.39 is 0 Å². The fourth-order valence-corrected chi connectivity index (χ4v) is 3.82. The first-order valence-corrected chi connectivity index (χ1v) is 9.14. The Hall–Kier alpha value is -2.60. The van der Waals surface area contributed by atoms with Gasteiger partial charge in [0.2, 0.25) is 0 Å². The summed E-state index contributed by atoms with van der Waals surface area (Å²) in [4.78, 5) is 13.2. The second kappa shape index (κ2) is 7.74. The summed E-state index contributed by atoms with van der Waals surface area (Å²) in [7, 11) is 1.49. The molecule has 6 heteroatoms. The molecule has 26 heavy (non-hydrogen) atoms. The third kappa shape index (κ3) is 3.65. The monoisotopic (exact) mass is 373 g/mol. The van der Waals surface area contributed by atoms with Crippen molar-refractivity contribution in [3.8, 4) is 11.5 Å². The van der Waals surface area contributed by atoms with Crippen LogP contribution in [-0.2, 0) is 0 Å². The van der Waals surface area contributed by atoms with Crippen LogP contribution in [0.15, 0.2) is 42.5 Å². The van der Waals surface area contributed by atoms with Crippen LogP contribution in [0.5, 0.6) is 11.5 Å². The van der Waals surface area contributed by atoms with Gasteiger partial charge in [0.15, 0.2) is 0 Å². The first-order chi connectivity index (χ1) is 12.5. The van der Waals surface area contributed by atoms with Crippen LogP contribution in [0.2, 0.25) is 0 Å². The number of rotatable bonds is 6. The number of nitrogens with one attached hydrogen (secondary N) is 1. The van der Waals surface area contributed by atoms with Gasteiger partial charge in [0, 0.05) is 10.1 Å². The number of thiophene rings is 1. The number of hydrogen-bond donors (Lipinski definition) is 1. The zero-order valence-electron chi connectivity index (χ0n) is 14.8. The summed E-state index contributed by atoms with van der Waals surface area (Å²) in [5.41, 5.74) is 0.966. The van der Waals surface area contributed by atoms with Gasteiger partial charge < -0.3 is 14.8 Å². The summed E-state index contributed by atoms with van der Waals surface area (Å²) in [6, 6.07) is 11.8. The SMILES string of the molecule is CCOc1ccc(C(C)NC(=O)c2sc3ccc(F)cc3c2OC)cc1. The van der Waals surface area contributed by atoms with Gasteiger partial charge in [-0.1, -0.05) is 12.1 Å². The van der Waals surface area contributed by atoms with Gasteiger partial charge in [-0.3, -0.25) is 4.79 Å². The molecule has 0 fully saturated rings. The van der Waals surface area contributed by atoms with Crippen molar-refractivity contribution in [1.29, 1.82) is 0 Å². The summed E-state index contributed by atoms with van der Waals surface area (Å²) in [6.07, 6.45) is 0. The topological polar surface area (TPSA) is 47.6 Å². The Balaban J connectivity index is 1.82. The minimum absolute atomic E-state index is 0.190. The molecule has 1 heterocycles. The standard InChI is InChI=1S/C20H20FNO3S/c1-4-25-15-8-5-13(6-9-15)12(2)22-20(23)19-18(24-3)16-11-14(21)7-10-17(16)26-19/h5-12H,4H2,1-3H3,(H,22,23). The Kier molecular flexibility index (Phi) is 5.42. The molecule has 3 rings (SSSR count). The van der Waals surface area contributed by atoms with E-state index in [-0.39, 0.29) is 17.8 Å². The molecule has 1 N–H and O–H groups in total. The normalized spacial score (nSPS) is 12.0. The number of methoxy groups -OCH3 is 1. The van der Waals surface area contributed by atoms with E-state index in [9.17, 15) is 9.18 Å². The van der Waals surface area contributed by atoms with Gasteiger partial charge in [-0.2, -0.15) is 0 Å². The molecule has 1 amide bonds. The van der Waals surface area contributed by atoms with E-state index in [2.05, 4.69) is 5.32 Å². The highest BCUT2D eigenvalue weighted by molar-refractivity contribution is 7.21. The van der Waals surface area contributed by atoms with Crippen LogP contribution < -0.4 is 14.8 Å². The van der Waals surface area contributed by atoms with Gasteiger partial charge in [-0.05, 0) is 49.7 Å². The Morgan fingerprint density at radius 2 is 1.96 bits per heavy atom. The minimum Gasteiger partial charge on any atom is -0.494 e. The summed E-state index contributed by atoms with van der Waals surface area (Å²) < 4.78 is 25.1. The summed E-state index contributed by atoms with van der Waals surface area (Å²) in [5.74, 6) is 0.594. The van der Waals surface area contributed by atoms with Crippen LogP contribution >= 0.6 is 11.3 Å². The first-order valence-electron chi connectivity index (χ1n) is 8.33. The molecule has 0 radical (unpaired) electrons. The highest BCUT2D eigenvalue weighted by Crippen LogP contribution is 2.38. The number of hydrogen-bond acceptors (Lipinski definition) is 4. The lowest BCUT2D eigenvalue weighted by atomic mass is 10.1. The smallest absolute Gasteiger partial charge is 0.265 e. The molecule has 0 saturated heterocycles. The lowest BCUT2D eigenvalue weighted by molar-refractivity contribution is 0.0941. The predicted octanol–water partition coefficient (Wildman–Crippen LogP) is 4.94. The Labute approximate surface area is 155 Å². The molecule has 4 nitrogen and oxygen atoms in total. The lowest BCUT2D eigenvalue weighted by Crippen LogP contribution is -2.26. The molecule has 136 valence electrons. The fraction of sp³-hybridized carbons (Fsp3) is 0.250. The van der Waals surface area contributed by atoms with Crippen molar-refractivity contribution >= 4 is 27.3 Å². The summed E-state index contributed by atoms with van der Waals surface area (Å²) in [5, 5.41) is 3.58. The van der Waals surface area contributed by atoms with Crippen molar-refractivity contribution in [3.63, 3.8) is 0 Å². The van der Waals surface area contributed by atoms with E-state index in [0.29, 0.717) is 22.6 Å². The Morgan fingerprint density at radius 3 is 2.62 bits per heavy atom. The van der Waals surface area contributed by atoms with Crippen molar-refractivity contribution in [3.05, 3.63) is 58.7 Å². The van der Waals surface area contributed by atoms with E-state index in [1.165, 1.54) is 30.6 Å². The highest BCUT2D eigenvalue weighted by Gasteiger charge is 2.21. The molecule has 0 aliphatic heterocycles. The number of carbonyl (C=O) groups is 1. The number of fused-ring (bicyclic) bond motifs is 1. The highest BCUT2D eigenvalue weighted by atomic mass is 32.1. The number of carbonyl (C=O) groups excluding carboxylic acids is 1. The largest absolute Gasteiger partial charge is 0.494 e. The van der Waals surface area contributed by atoms with Gasteiger partial charge >= 0.3 is 0 Å². The van der Waals surface area contributed by atoms with E-state index in [0.717, 1.165) is 16.0 Å². The molecule has 0 aliphatic rings. The number of benzene rings is 2. The molecule has 1 aromatic heterocycles. The maximum absolute atomic E-state index is 13.5. The van der Waals surface area contributed by atoms with Gasteiger partial charge in [0.05, 0.1) is 19.8 Å². The maximum Gasteiger partial charge on any atom is 0.265 e. The van der Waals surface area contributed by atoms with Crippen LogP contribution in [0.1, 0.15) is 35.1 Å². The third-order valence-corrected chi connectivity index (χ3v) is 5.20. The molecule has 2 aromatic carbocycles. The molecular weight excluding hydrogens is 353 g/mol. The van der Waals surface area contributed by atoms with Crippen molar-refractivity contribution in [1.82, 2.24) is 5.32 Å². The zero-order chi connectivity index (χ0) is 18.7. The van der Waals surface area contributed by atoms with Gasteiger partial charge in [0.25, 0.3) is 5.91 Å². The van der Waals surface area contributed by atoms with Crippen LogP contribution in [-0.4, -0.2) is 19.6 Å². The average Bonchev–Trinajstić information content (AvgIpc) is 3.00. The van der Waals surface area contributed by atoms with Crippen LogP contribution in [0.4, 0.5) is 4.39 Å². The first kappa shape index (κ1) is 18.2. The summed E-state index contributed by atoms with van der Waals surface area (Å²) in [6.45, 7) is 4.45. The average molecular weight is 373 g/mol. The van der Waals surface area contributed by atoms with Crippen molar-refractivity contribution < 1.29 is 18.7 Å².